The van der Waals surface area contributed by atoms with Gasteiger partial charge >= 0.3 is 11.9 Å². The summed E-state index contributed by atoms with van der Waals surface area (Å²) in [6, 6.07) is 16.2. The van der Waals surface area contributed by atoms with Gasteiger partial charge in [-0.05, 0) is 35.7 Å². The second-order valence-electron chi connectivity index (χ2n) is 7.44. The van der Waals surface area contributed by atoms with Crippen molar-refractivity contribution in [3.63, 3.8) is 0 Å². The van der Waals surface area contributed by atoms with E-state index in [1.807, 2.05) is 36.4 Å². The molecule has 0 radical (unpaired) electrons. The van der Waals surface area contributed by atoms with Gasteiger partial charge in [-0.25, -0.2) is 9.59 Å². The summed E-state index contributed by atoms with van der Waals surface area (Å²) in [7, 11) is 0. The highest BCUT2D eigenvalue weighted by molar-refractivity contribution is 6.31. The zero-order chi connectivity index (χ0) is 24.2. The van der Waals surface area contributed by atoms with E-state index < -0.39 is 11.9 Å². The molecule has 2 aromatic carbocycles. The van der Waals surface area contributed by atoms with Crippen LogP contribution >= 0.6 is 23.2 Å². The highest BCUT2D eigenvalue weighted by atomic mass is 35.5. The zero-order valence-electron chi connectivity index (χ0n) is 18.1. The van der Waals surface area contributed by atoms with E-state index in [-0.39, 0.29) is 12.6 Å². The lowest BCUT2D eigenvalue weighted by Gasteiger charge is -2.40. The standard InChI is InChI=1S/C20H24Cl2N2O.C4H4O4/c21-17-6-3-5-16(15-17)20(18-7-1-2-8-19(18)22)24-12-10-23(11-13-24)9-4-14-25;5-3(6)1-2-4(7)8/h1-3,5-8,15,20,25H,4,9-14H2;1-2H,(H,5,6)(H,7,8)/b;2-1+. The fraction of sp³-hybridized carbons (Fsp3) is 0.333. The first-order chi connectivity index (χ1) is 15.8. The third-order valence-electron chi connectivity index (χ3n) is 5.14. The van der Waals surface area contributed by atoms with Gasteiger partial charge in [0.2, 0.25) is 0 Å². The van der Waals surface area contributed by atoms with Crippen LogP contribution in [-0.2, 0) is 9.59 Å². The molecule has 0 spiro atoms. The smallest absolute Gasteiger partial charge is 0.328 e. The molecule has 9 heteroatoms. The predicted molar refractivity (Wildman–Crippen MR) is 129 cm³/mol. The lowest BCUT2D eigenvalue weighted by molar-refractivity contribution is -0.134. The summed E-state index contributed by atoms with van der Waals surface area (Å²) in [5.74, 6) is -2.51. The fourth-order valence-electron chi connectivity index (χ4n) is 3.64. The van der Waals surface area contributed by atoms with Gasteiger partial charge in [0, 0.05) is 61.5 Å². The fourth-order valence-corrected chi connectivity index (χ4v) is 4.08. The molecule has 3 N–H and O–H groups in total. The third kappa shape index (κ3) is 9.15. The van der Waals surface area contributed by atoms with Gasteiger partial charge in [-0.2, -0.15) is 0 Å². The SMILES string of the molecule is O=C(O)/C=C/C(=O)O.OCCCN1CCN(C(c2cccc(Cl)c2)c2ccccc2Cl)CC1. The van der Waals surface area contributed by atoms with Crippen LogP contribution in [0.25, 0.3) is 0 Å². The molecule has 1 aliphatic rings. The van der Waals surface area contributed by atoms with E-state index in [1.54, 1.807) is 0 Å². The van der Waals surface area contributed by atoms with E-state index in [2.05, 4.69) is 21.9 Å². The molecule has 178 valence electrons. The summed E-state index contributed by atoms with van der Waals surface area (Å²) in [6.07, 6.45) is 1.95. The number of piperazine rings is 1. The average Bonchev–Trinajstić information content (AvgIpc) is 2.79. The Hall–Kier alpha value is -2.42. The monoisotopic (exact) mass is 494 g/mol. The van der Waals surface area contributed by atoms with Crippen LogP contribution in [0, 0.1) is 0 Å². The van der Waals surface area contributed by atoms with Crippen LogP contribution in [0.4, 0.5) is 0 Å². The van der Waals surface area contributed by atoms with Gasteiger partial charge in [0.15, 0.2) is 0 Å². The first-order valence-electron chi connectivity index (χ1n) is 10.5. The lowest BCUT2D eigenvalue weighted by atomic mass is 9.96. The molecule has 33 heavy (non-hydrogen) atoms. The van der Waals surface area contributed by atoms with Crippen molar-refractivity contribution in [2.24, 2.45) is 0 Å². The van der Waals surface area contributed by atoms with Crippen molar-refractivity contribution in [1.29, 1.82) is 0 Å². The summed E-state index contributed by atoms with van der Waals surface area (Å²) >= 11 is 12.8. The predicted octanol–water partition coefficient (Wildman–Crippen LogP) is 3.79. The van der Waals surface area contributed by atoms with Crippen molar-refractivity contribution in [3.8, 4) is 0 Å². The van der Waals surface area contributed by atoms with Gasteiger partial charge in [-0.1, -0.05) is 53.5 Å². The lowest BCUT2D eigenvalue weighted by Crippen LogP contribution is -2.48. The summed E-state index contributed by atoms with van der Waals surface area (Å²) in [6.45, 7) is 5.15. The quantitative estimate of drug-likeness (QED) is 0.479. The minimum atomic E-state index is -1.26. The molecule has 1 atom stereocenters. The molecule has 1 aliphatic heterocycles. The van der Waals surface area contributed by atoms with Crippen LogP contribution in [0.1, 0.15) is 23.6 Å². The largest absolute Gasteiger partial charge is 0.478 e. The van der Waals surface area contributed by atoms with Gasteiger partial charge in [0.05, 0.1) is 6.04 Å². The van der Waals surface area contributed by atoms with Crippen molar-refractivity contribution in [2.45, 2.75) is 12.5 Å². The van der Waals surface area contributed by atoms with Crippen molar-refractivity contribution in [2.75, 3.05) is 39.3 Å². The highest BCUT2D eigenvalue weighted by Gasteiger charge is 2.27. The number of carboxylic acids is 2. The molecule has 0 bridgehead atoms. The Bertz CT molecular complexity index is 930. The molecule has 7 nitrogen and oxygen atoms in total. The van der Waals surface area contributed by atoms with Crippen LogP contribution in [0.5, 0.6) is 0 Å². The van der Waals surface area contributed by atoms with Crippen molar-refractivity contribution >= 4 is 35.1 Å². The number of hydrogen-bond donors (Lipinski definition) is 3. The van der Waals surface area contributed by atoms with Gasteiger partial charge in [0.25, 0.3) is 0 Å². The normalized spacial score (nSPS) is 15.6. The Kier molecular flexibility index (Phi) is 11.4. The van der Waals surface area contributed by atoms with Crippen LogP contribution in [0.15, 0.2) is 60.7 Å². The summed E-state index contributed by atoms with van der Waals surface area (Å²) in [4.78, 5) is 24.0. The van der Waals surface area contributed by atoms with Gasteiger partial charge in [-0.15, -0.1) is 0 Å². The molecule has 3 rings (SSSR count). The second kappa shape index (κ2) is 14.0. The number of aliphatic hydroxyl groups is 1. The number of carboxylic acid groups (broad SMARTS) is 2. The van der Waals surface area contributed by atoms with Crippen LogP contribution in [0.2, 0.25) is 10.0 Å². The van der Waals surface area contributed by atoms with Crippen molar-refractivity contribution in [1.82, 2.24) is 9.80 Å². The summed E-state index contributed by atoms with van der Waals surface area (Å²) in [5.41, 5.74) is 2.29. The van der Waals surface area contributed by atoms with Crippen LogP contribution in [0.3, 0.4) is 0 Å². The van der Waals surface area contributed by atoms with Crippen LogP contribution < -0.4 is 0 Å². The number of rotatable bonds is 8. The first-order valence-corrected chi connectivity index (χ1v) is 11.3. The summed E-state index contributed by atoms with van der Waals surface area (Å²) in [5, 5.41) is 26.2. The van der Waals surface area contributed by atoms with E-state index in [1.165, 1.54) is 5.56 Å². The molecule has 2 aromatic rings. The van der Waals surface area contributed by atoms with E-state index in [0.29, 0.717) is 12.2 Å². The van der Waals surface area contributed by atoms with E-state index in [9.17, 15) is 9.59 Å². The topological polar surface area (TPSA) is 101 Å². The van der Waals surface area contributed by atoms with Crippen molar-refractivity contribution < 1.29 is 24.9 Å². The Morgan fingerprint density at radius 2 is 1.58 bits per heavy atom. The number of aliphatic carboxylic acids is 2. The minimum absolute atomic E-state index is 0.104. The molecule has 1 unspecified atom stereocenters. The molecule has 1 saturated heterocycles. The molecular formula is C24H28Cl2N2O5. The highest BCUT2D eigenvalue weighted by Crippen LogP contribution is 2.34. The van der Waals surface area contributed by atoms with Crippen molar-refractivity contribution in [3.05, 3.63) is 81.9 Å². The molecule has 0 aromatic heterocycles. The Labute approximate surface area is 203 Å². The number of carbonyl (C=O) groups is 2. The molecule has 1 heterocycles. The number of hydrogen-bond acceptors (Lipinski definition) is 5. The molecule has 0 saturated carbocycles. The van der Waals surface area contributed by atoms with Gasteiger partial charge < -0.3 is 20.2 Å². The third-order valence-corrected chi connectivity index (χ3v) is 5.72. The Morgan fingerprint density at radius 1 is 0.939 bits per heavy atom. The number of halogens is 2. The Morgan fingerprint density at radius 3 is 2.12 bits per heavy atom. The number of nitrogens with zero attached hydrogens (tertiary/aromatic N) is 2. The minimum Gasteiger partial charge on any atom is -0.478 e. The van der Waals surface area contributed by atoms with E-state index >= 15 is 0 Å². The van der Waals surface area contributed by atoms with Gasteiger partial charge in [0.1, 0.15) is 0 Å². The maximum atomic E-state index is 9.55. The summed E-state index contributed by atoms with van der Waals surface area (Å²) < 4.78 is 0. The van der Waals surface area contributed by atoms with Gasteiger partial charge in [-0.3, -0.25) is 4.90 Å². The Balaban J connectivity index is 0.000000414. The number of benzene rings is 2. The maximum Gasteiger partial charge on any atom is 0.328 e. The van der Waals surface area contributed by atoms with E-state index in [4.69, 9.17) is 38.5 Å². The van der Waals surface area contributed by atoms with Crippen LogP contribution in [-0.4, -0.2) is 76.4 Å². The molecule has 0 aliphatic carbocycles. The average molecular weight is 495 g/mol. The first kappa shape index (κ1) is 26.8. The number of aliphatic hydroxyl groups excluding tert-OH is 1. The molecular weight excluding hydrogens is 467 g/mol. The second-order valence-corrected chi connectivity index (χ2v) is 8.29. The molecule has 0 amide bonds. The zero-order valence-corrected chi connectivity index (χ0v) is 19.6. The maximum absolute atomic E-state index is 9.55. The molecule has 1 fully saturated rings. The van der Waals surface area contributed by atoms with E-state index in [0.717, 1.165) is 54.8 Å².